The molecule has 2 aliphatic carbocycles. The van der Waals surface area contributed by atoms with E-state index in [0.29, 0.717) is 17.5 Å². The van der Waals surface area contributed by atoms with E-state index < -0.39 is 10.0 Å². The number of rotatable bonds is 8. The molecule has 6 heteroatoms. The zero-order valence-electron chi connectivity index (χ0n) is 12.8. The van der Waals surface area contributed by atoms with Crippen molar-refractivity contribution in [2.24, 2.45) is 5.92 Å². The van der Waals surface area contributed by atoms with Gasteiger partial charge in [0, 0.05) is 30.5 Å². The Balaban J connectivity index is 1.75. The SMILES string of the molecule is CNCc1cc(S(=O)(=O)NC(C)CC2CC2)cn1C1CC1. The monoisotopic (exact) mass is 311 g/mol. The van der Waals surface area contributed by atoms with Crippen LogP contribution in [0.5, 0.6) is 0 Å². The summed E-state index contributed by atoms with van der Waals surface area (Å²) in [4.78, 5) is 0.405. The van der Waals surface area contributed by atoms with E-state index in [9.17, 15) is 8.42 Å². The van der Waals surface area contributed by atoms with Gasteiger partial charge in [-0.15, -0.1) is 0 Å². The van der Waals surface area contributed by atoms with Crippen molar-refractivity contribution in [3.8, 4) is 0 Å². The molecule has 2 fully saturated rings. The van der Waals surface area contributed by atoms with Crippen LogP contribution in [0.15, 0.2) is 17.2 Å². The van der Waals surface area contributed by atoms with Crippen LogP contribution in [0.3, 0.4) is 0 Å². The third kappa shape index (κ3) is 3.67. The Morgan fingerprint density at radius 1 is 1.33 bits per heavy atom. The van der Waals surface area contributed by atoms with Crippen LogP contribution in [0.25, 0.3) is 0 Å². The first-order valence-corrected chi connectivity index (χ1v) is 9.35. The summed E-state index contributed by atoms with van der Waals surface area (Å²) in [6.45, 7) is 2.66. The second-order valence-corrected chi connectivity index (χ2v) is 8.25. The molecule has 118 valence electrons. The van der Waals surface area contributed by atoms with Crippen LogP contribution in [-0.2, 0) is 16.6 Å². The molecular weight excluding hydrogens is 286 g/mol. The molecule has 0 bridgehead atoms. The molecule has 1 aromatic rings. The summed E-state index contributed by atoms with van der Waals surface area (Å²) in [6, 6.07) is 2.31. The van der Waals surface area contributed by atoms with Crippen LogP contribution in [0.1, 0.15) is 50.8 Å². The number of sulfonamides is 1. The summed E-state index contributed by atoms with van der Waals surface area (Å²) >= 11 is 0. The molecule has 0 aliphatic heterocycles. The molecule has 2 saturated carbocycles. The number of aromatic nitrogens is 1. The Morgan fingerprint density at radius 2 is 2.05 bits per heavy atom. The van der Waals surface area contributed by atoms with Crippen LogP contribution in [-0.4, -0.2) is 26.1 Å². The summed E-state index contributed by atoms with van der Waals surface area (Å²) in [5.74, 6) is 0.721. The summed E-state index contributed by atoms with van der Waals surface area (Å²) in [7, 11) is -1.52. The van der Waals surface area contributed by atoms with Crippen molar-refractivity contribution in [2.45, 2.75) is 62.6 Å². The third-order valence-electron chi connectivity index (χ3n) is 4.26. The van der Waals surface area contributed by atoms with Crippen molar-refractivity contribution in [1.82, 2.24) is 14.6 Å². The number of hydrogen-bond acceptors (Lipinski definition) is 3. The topological polar surface area (TPSA) is 63.1 Å². The minimum absolute atomic E-state index is 0.0134. The van der Waals surface area contributed by atoms with Crippen molar-refractivity contribution in [1.29, 1.82) is 0 Å². The molecule has 1 atom stereocenters. The Labute approximate surface area is 127 Å². The predicted octanol–water partition coefficient (Wildman–Crippen LogP) is 2.01. The van der Waals surface area contributed by atoms with E-state index in [1.54, 1.807) is 12.3 Å². The predicted molar refractivity (Wildman–Crippen MR) is 82.6 cm³/mol. The molecule has 3 rings (SSSR count). The van der Waals surface area contributed by atoms with Gasteiger partial charge < -0.3 is 9.88 Å². The fourth-order valence-corrected chi connectivity index (χ4v) is 4.20. The van der Waals surface area contributed by atoms with Crippen molar-refractivity contribution in [3.05, 3.63) is 18.0 Å². The average Bonchev–Trinajstić information content (AvgIpc) is 3.31. The lowest BCUT2D eigenvalue weighted by Crippen LogP contribution is -2.32. The van der Waals surface area contributed by atoms with Gasteiger partial charge >= 0.3 is 0 Å². The van der Waals surface area contributed by atoms with Crippen LogP contribution in [0.2, 0.25) is 0 Å². The lowest BCUT2D eigenvalue weighted by Gasteiger charge is -2.12. The highest BCUT2D eigenvalue weighted by atomic mass is 32.2. The second-order valence-electron chi connectivity index (χ2n) is 6.54. The van der Waals surface area contributed by atoms with Gasteiger partial charge in [0.05, 0.1) is 4.90 Å². The first-order valence-electron chi connectivity index (χ1n) is 7.87. The van der Waals surface area contributed by atoms with Gasteiger partial charge in [0.2, 0.25) is 10.0 Å². The first-order chi connectivity index (χ1) is 9.99. The molecule has 0 spiro atoms. The third-order valence-corrected chi connectivity index (χ3v) is 5.81. The highest BCUT2D eigenvalue weighted by molar-refractivity contribution is 7.89. The first kappa shape index (κ1) is 15.1. The van der Waals surface area contributed by atoms with E-state index >= 15 is 0 Å². The molecule has 21 heavy (non-hydrogen) atoms. The summed E-state index contributed by atoms with van der Waals surface area (Å²) < 4.78 is 30.0. The van der Waals surface area contributed by atoms with Gasteiger partial charge in [-0.1, -0.05) is 12.8 Å². The molecule has 5 nitrogen and oxygen atoms in total. The highest BCUT2D eigenvalue weighted by Crippen LogP contribution is 2.37. The molecule has 1 heterocycles. The summed E-state index contributed by atoms with van der Waals surface area (Å²) in [6.07, 6.45) is 7.54. The Bertz CT molecular complexity index is 600. The molecular formula is C15H25N3O2S. The standard InChI is InChI=1S/C15H25N3O2S/c1-11(7-12-3-4-12)17-21(19,20)15-8-14(9-16-2)18(10-15)13-5-6-13/h8,10-13,16-17H,3-7,9H2,1-2H3. The zero-order chi connectivity index (χ0) is 15.0. The lowest BCUT2D eigenvalue weighted by atomic mass is 10.2. The van der Waals surface area contributed by atoms with Crippen LogP contribution >= 0.6 is 0 Å². The molecule has 0 aromatic carbocycles. The zero-order valence-corrected chi connectivity index (χ0v) is 13.6. The van der Waals surface area contributed by atoms with E-state index in [2.05, 4.69) is 14.6 Å². The molecule has 1 unspecified atom stereocenters. The maximum Gasteiger partial charge on any atom is 0.242 e. The second kappa shape index (κ2) is 5.74. The van der Waals surface area contributed by atoms with Gasteiger partial charge in [-0.2, -0.15) is 0 Å². The smallest absolute Gasteiger partial charge is 0.242 e. The summed E-state index contributed by atoms with van der Waals surface area (Å²) in [5.41, 5.74) is 1.05. The molecule has 1 aromatic heterocycles. The Hall–Kier alpha value is -0.850. The molecule has 0 saturated heterocycles. The summed E-state index contributed by atoms with van der Waals surface area (Å²) in [5, 5.41) is 3.11. The van der Waals surface area contributed by atoms with Crippen LogP contribution in [0.4, 0.5) is 0 Å². The van der Waals surface area contributed by atoms with Crippen molar-refractivity contribution in [3.63, 3.8) is 0 Å². The van der Waals surface area contributed by atoms with E-state index in [1.807, 2.05) is 14.0 Å². The van der Waals surface area contributed by atoms with Gasteiger partial charge in [-0.05, 0) is 45.2 Å². The normalized spacial score (nSPS) is 20.7. The van der Waals surface area contributed by atoms with Gasteiger partial charge in [0.25, 0.3) is 0 Å². The fraction of sp³-hybridized carbons (Fsp3) is 0.733. The average molecular weight is 311 g/mol. The van der Waals surface area contributed by atoms with E-state index in [0.717, 1.165) is 30.9 Å². The fourth-order valence-electron chi connectivity index (χ4n) is 2.89. The van der Waals surface area contributed by atoms with Crippen LogP contribution in [0, 0.1) is 5.92 Å². The van der Waals surface area contributed by atoms with Crippen molar-refractivity contribution in [2.75, 3.05) is 7.05 Å². The van der Waals surface area contributed by atoms with Gasteiger partial charge in [0.15, 0.2) is 0 Å². The molecule has 2 aliphatic rings. The van der Waals surface area contributed by atoms with Gasteiger partial charge in [-0.25, -0.2) is 13.1 Å². The lowest BCUT2D eigenvalue weighted by molar-refractivity contribution is 0.529. The Morgan fingerprint density at radius 3 is 2.62 bits per heavy atom. The van der Waals surface area contributed by atoms with Crippen LogP contribution < -0.4 is 10.0 Å². The maximum absolute atomic E-state index is 12.5. The molecule has 2 N–H and O–H groups in total. The van der Waals surface area contributed by atoms with E-state index in [1.165, 1.54) is 12.8 Å². The van der Waals surface area contributed by atoms with Gasteiger partial charge in [-0.3, -0.25) is 0 Å². The van der Waals surface area contributed by atoms with Crippen molar-refractivity contribution >= 4 is 10.0 Å². The number of nitrogens with one attached hydrogen (secondary N) is 2. The number of hydrogen-bond donors (Lipinski definition) is 2. The highest BCUT2D eigenvalue weighted by Gasteiger charge is 2.30. The van der Waals surface area contributed by atoms with E-state index in [-0.39, 0.29) is 6.04 Å². The maximum atomic E-state index is 12.5. The van der Waals surface area contributed by atoms with Crippen molar-refractivity contribution < 1.29 is 8.42 Å². The largest absolute Gasteiger partial charge is 0.346 e. The minimum atomic E-state index is -3.40. The minimum Gasteiger partial charge on any atom is -0.346 e. The molecule has 0 amide bonds. The van der Waals surface area contributed by atoms with Gasteiger partial charge in [0.1, 0.15) is 0 Å². The van der Waals surface area contributed by atoms with E-state index in [4.69, 9.17) is 0 Å². The number of nitrogens with zero attached hydrogens (tertiary/aromatic N) is 1. The Kier molecular flexibility index (Phi) is 4.12. The quantitative estimate of drug-likeness (QED) is 0.772. The molecule has 0 radical (unpaired) electrons.